The summed E-state index contributed by atoms with van der Waals surface area (Å²) in [5.41, 5.74) is 0. The highest BCUT2D eigenvalue weighted by Crippen LogP contribution is 2.33. The number of carbonyl (C=O) groups excluding carboxylic acids is 1. The third-order valence-corrected chi connectivity index (χ3v) is 3.34. The Labute approximate surface area is 116 Å². The Hall–Kier alpha value is -2.12. The van der Waals surface area contributed by atoms with Gasteiger partial charge in [-0.15, -0.1) is 10.2 Å². The first-order valence-electron chi connectivity index (χ1n) is 6.65. The molecule has 1 aliphatic rings. The molecule has 1 atom stereocenters. The molecule has 0 spiro atoms. The SMILES string of the molecule is Cn1cnnc1CCNC(=O)NC(CC(=O)O)C1CC1. The number of carboxylic acids is 1. The number of aromatic nitrogens is 3. The van der Waals surface area contributed by atoms with Crippen molar-refractivity contribution >= 4 is 12.0 Å². The molecule has 20 heavy (non-hydrogen) atoms. The fourth-order valence-corrected chi connectivity index (χ4v) is 2.06. The molecule has 110 valence electrons. The topological polar surface area (TPSA) is 109 Å². The number of nitrogens with one attached hydrogen (secondary N) is 2. The molecule has 1 fully saturated rings. The van der Waals surface area contributed by atoms with Gasteiger partial charge >= 0.3 is 12.0 Å². The van der Waals surface area contributed by atoms with Crippen molar-refractivity contribution in [3.8, 4) is 0 Å². The Morgan fingerprint density at radius 1 is 1.55 bits per heavy atom. The molecular formula is C12H19N5O3. The van der Waals surface area contributed by atoms with Crippen LogP contribution < -0.4 is 10.6 Å². The van der Waals surface area contributed by atoms with Gasteiger partial charge < -0.3 is 20.3 Å². The van der Waals surface area contributed by atoms with Crippen molar-refractivity contribution in [1.29, 1.82) is 0 Å². The van der Waals surface area contributed by atoms with E-state index in [-0.39, 0.29) is 18.5 Å². The maximum absolute atomic E-state index is 11.7. The van der Waals surface area contributed by atoms with E-state index in [1.165, 1.54) is 0 Å². The van der Waals surface area contributed by atoms with Crippen LogP contribution in [0.2, 0.25) is 0 Å². The Bertz CT molecular complexity index is 483. The van der Waals surface area contributed by atoms with Crippen molar-refractivity contribution in [2.24, 2.45) is 13.0 Å². The van der Waals surface area contributed by atoms with E-state index in [9.17, 15) is 9.59 Å². The molecule has 3 N–H and O–H groups in total. The largest absolute Gasteiger partial charge is 0.481 e. The van der Waals surface area contributed by atoms with Gasteiger partial charge in [0.1, 0.15) is 12.2 Å². The molecule has 0 aromatic carbocycles. The first-order chi connectivity index (χ1) is 9.56. The van der Waals surface area contributed by atoms with Crippen LogP contribution in [0, 0.1) is 5.92 Å². The number of carboxylic acid groups (broad SMARTS) is 1. The molecule has 2 rings (SSSR count). The molecule has 2 amide bonds. The van der Waals surface area contributed by atoms with Gasteiger partial charge in [-0.05, 0) is 18.8 Å². The Kier molecular flexibility index (Phi) is 4.54. The standard InChI is InChI=1S/C12H19N5O3/c1-17-7-14-16-10(17)4-5-13-12(20)15-9(6-11(18)19)8-2-3-8/h7-9H,2-6H2,1H3,(H,18,19)(H2,13,15,20). The summed E-state index contributed by atoms with van der Waals surface area (Å²) in [7, 11) is 1.84. The zero-order chi connectivity index (χ0) is 14.5. The molecule has 1 saturated carbocycles. The quantitative estimate of drug-likeness (QED) is 0.647. The lowest BCUT2D eigenvalue weighted by Crippen LogP contribution is -2.44. The first kappa shape index (κ1) is 14.3. The van der Waals surface area contributed by atoms with Crippen LogP contribution in [0.25, 0.3) is 0 Å². The summed E-state index contributed by atoms with van der Waals surface area (Å²) in [5.74, 6) is 0.200. The fourth-order valence-electron chi connectivity index (χ4n) is 2.06. The molecule has 0 saturated heterocycles. The molecule has 8 heteroatoms. The maximum atomic E-state index is 11.7. The predicted octanol–water partition coefficient (Wildman–Crippen LogP) is -0.0899. The number of carbonyl (C=O) groups is 2. The minimum absolute atomic E-state index is 0.0264. The summed E-state index contributed by atoms with van der Waals surface area (Å²) in [6.45, 7) is 0.433. The number of rotatable bonds is 7. The molecule has 1 heterocycles. The van der Waals surface area contributed by atoms with E-state index in [0.717, 1.165) is 18.7 Å². The monoisotopic (exact) mass is 281 g/mol. The van der Waals surface area contributed by atoms with Crippen LogP contribution in [0.3, 0.4) is 0 Å². The Morgan fingerprint density at radius 3 is 2.85 bits per heavy atom. The first-order valence-corrected chi connectivity index (χ1v) is 6.65. The molecule has 1 unspecified atom stereocenters. The highest BCUT2D eigenvalue weighted by molar-refractivity contribution is 5.75. The lowest BCUT2D eigenvalue weighted by Gasteiger charge is -2.16. The van der Waals surface area contributed by atoms with E-state index in [4.69, 9.17) is 5.11 Å². The van der Waals surface area contributed by atoms with Gasteiger partial charge in [-0.1, -0.05) is 0 Å². The van der Waals surface area contributed by atoms with Crippen LogP contribution in [0.1, 0.15) is 25.1 Å². The van der Waals surface area contributed by atoms with Gasteiger partial charge in [0.05, 0.1) is 6.42 Å². The highest BCUT2D eigenvalue weighted by Gasteiger charge is 2.33. The average molecular weight is 281 g/mol. The number of amides is 2. The van der Waals surface area contributed by atoms with Gasteiger partial charge in [-0.2, -0.15) is 0 Å². The third kappa shape index (κ3) is 4.22. The summed E-state index contributed by atoms with van der Waals surface area (Å²) in [6.07, 6.45) is 4.12. The van der Waals surface area contributed by atoms with Gasteiger partial charge in [0.2, 0.25) is 0 Å². The van der Waals surface area contributed by atoms with Crippen LogP contribution in [0.5, 0.6) is 0 Å². The minimum atomic E-state index is -0.888. The number of hydrogen-bond donors (Lipinski definition) is 3. The summed E-state index contributed by atoms with van der Waals surface area (Å²) in [6, 6.07) is -0.604. The number of urea groups is 1. The van der Waals surface area contributed by atoms with E-state index in [2.05, 4.69) is 20.8 Å². The van der Waals surface area contributed by atoms with Gasteiger partial charge in [-0.3, -0.25) is 4.79 Å². The van der Waals surface area contributed by atoms with Crippen molar-refractivity contribution < 1.29 is 14.7 Å². The van der Waals surface area contributed by atoms with Gasteiger partial charge in [0.15, 0.2) is 0 Å². The fraction of sp³-hybridized carbons (Fsp3) is 0.667. The highest BCUT2D eigenvalue weighted by atomic mass is 16.4. The second-order valence-electron chi connectivity index (χ2n) is 5.05. The molecule has 1 aromatic rings. The van der Waals surface area contributed by atoms with Crippen LogP contribution in [-0.4, -0.2) is 44.5 Å². The van der Waals surface area contributed by atoms with Crippen LogP contribution in [0.4, 0.5) is 4.79 Å². The molecule has 8 nitrogen and oxygen atoms in total. The van der Waals surface area contributed by atoms with Crippen LogP contribution in [-0.2, 0) is 18.3 Å². The smallest absolute Gasteiger partial charge is 0.315 e. The summed E-state index contributed by atoms with van der Waals surface area (Å²) >= 11 is 0. The summed E-state index contributed by atoms with van der Waals surface area (Å²) in [5, 5.41) is 21.9. The third-order valence-electron chi connectivity index (χ3n) is 3.34. The molecule has 0 bridgehead atoms. The van der Waals surface area contributed by atoms with Gasteiger partial charge in [0, 0.05) is 26.1 Å². The lowest BCUT2D eigenvalue weighted by molar-refractivity contribution is -0.137. The zero-order valence-electron chi connectivity index (χ0n) is 11.4. The maximum Gasteiger partial charge on any atom is 0.315 e. The van der Waals surface area contributed by atoms with E-state index < -0.39 is 5.97 Å². The summed E-state index contributed by atoms with van der Waals surface area (Å²) < 4.78 is 1.79. The van der Waals surface area contributed by atoms with E-state index in [0.29, 0.717) is 18.9 Å². The lowest BCUT2D eigenvalue weighted by atomic mass is 10.1. The molecule has 0 radical (unpaired) electrons. The van der Waals surface area contributed by atoms with Crippen molar-refractivity contribution in [1.82, 2.24) is 25.4 Å². The van der Waals surface area contributed by atoms with E-state index in [1.807, 2.05) is 7.05 Å². The molecule has 0 aliphatic heterocycles. The van der Waals surface area contributed by atoms with Gasteiger partial charge in [-0.25, -0.2) is 4.79 Å². The van der Waals surface area contributed by atoms with Crippen LogP contribution >= 0.6 is 0 Å². The van der Waals surface area contributed by atoms with Crippen molar-refractivity contribution in [2.75, 3.05) is 6.54 Å². The Balaban J connectivity index is 1.71. The van der Waals surface area contributed by atoms with Crippen molar-refractivity contribution in [2.45, 2.75) is 31.7 Å². The minimum Gasteiger partial charge on any atom is -0.481 e. The van der Waals surface area contributed by atoms with Gasteiger partial charge in [0.25, 0.3) is 0 Å². The van der Waals surface area contributed by atoms with Crippen molar-refractivity contribution in [3.05, 3.63) is 12.2 Å². The number of hydrogen-bond acceptors (Lipinski definition) is 4. The summed E-state index contributed by atoms with van der Waals surface area (Å²) in [4.78, 5) is 22.5. The number of nitrogens with zero attached hydrogens (tertiary/aromatic N) is 3. The molecular weight excluding hydrogens is 262 g/mol. The van der Waals surface area contributed by atoms with Crippen molar-refractivity contribution in [3.63, 3.8) is 0 Å². The molecule has 1 aliphatic carbocycles. The number of aryl methyl sites for hydroxylation is 1. The number of aliphatic carboxylic acids is 1. The van der Waals surface area contributed by atoms with E-state index in [1.54, 1.807) is 10.9 Å². The Morgan fingerprint density at radius 2 is 2.30 bits per heavy atom. The molecule has 1 aromatic heterocycles. The second kappa shape index (κ2) is 6.36. The average Bonchev–Trinajstić information content (AvgIpc) is 3.13. The van der Waals surface area contributed by atoms with E-state index >= 15 is 0 Å². The second-order valence-corrected chi connectivity index (χ2v) is 5.05. The predicted molar refractivity (Wildman–Crippen MR) is 70.0 cm³/mol. The zero-order valence-corrected chi connectivity index (χ0v) is 11.4. The normalized spacial score (nSPS) is 15.7. The van der Waals surface area contributed by atoms with Crippen LogP contribution in [0.15, 0.2) is 6.33 Å².